The quantitative estimate of drug-likeness (QED) is 0.222. The molecule has 1 aliphatic carbocycles. The van der Waals surface area contributed by atoms with Gasteiger partial charge >= 0.3 is 0 Å². The third-order valence-electron chi connectivity index (χ3n) is 7.92. The highest BCUT2D eigenvalue weighted by Crippen LogP contribution is 2.35. The maximum atomic E-state index is 4.66. The summed E-state index contributed by atoms with van der Waals surface area (Å²) in [6, 6.07) is 30.3. The number of hydrogen-bond donors (Lipinski definition) is 1. The maximum Gasteiger partial charge on any atom is 0.0478 e. The van der Waals surface area contributed by atoms with Crippen molar-refractivity contribution in [1.29, 1.82) is 0 Å². The summed E-state index contributed by atoms with van der Waals surface area (Å²) in [7, 11) is 4.14. The summed E-state index contributed by atoms with van der Waals surface area (Å²) in [4.78, 5) is 8.65. The summed E-state index contributed by atoms with van der Waals surface area (Å²) in [6.07, 6.45) is 9.90. The summed E-state index contributed by atoms with van der Waals surface area (Å²) in [5.74, 6) is 0.519. The topological polar surface area (TPSA) is 31.4 Å². The molecule has 0 aliphatic heterocycles. The molecule has 1 aliphatic rings. The van der Waals surface area contributed by atoms with Crippen LogP contribution in [0.3, 0.4) is 0 Å². The molecule has 1 aromatic heterocycles. The Morgan fingerprint density at radius 1 is 0.800 bits per heavy atom. The second-order valence-corrected chi connectivity index (χ2v) is 10.9. The molecular weight excluding hydrogens is 488 g/mol. The fourth-order valence-electron chi connectivity index (χ4n) is 5.50. The number of hydrogen-bond acceptors (Lipinski definition) is 4. The maximum absolute atomic E-state index is 4.66. The van der Waals surface area contributed by atoms with Gasteiger partial charge < -0.3 is 15.1 Å². The summed E-state index contributed by atoms with van der Waals surface area (Å²) in [6.45, 7) is 9.76. The molecule has 5 rings (SSSR count). The molecule has 1 saturated carbocycles. The van der Waals surface area contributed by atoms with Gasteiger partial charge in [-0.05, 0) is 77.4 Å². The van der Waals surface area contributed by atoms with E-state index in [1.165, 1.54) is 60.2 Å². The summed E-state index contributed by atoms with van der Waals surface area (Å²) in [5.41, 5.74) is 10.2. The van der Waals surface area contributed by atoms with Gasteiger partial charge in [-0.25, -0.2) is 0 Å². The zero-order valence-electron chi connectivity index (χ0n) is 23.8. The average molecular weight is 529 g/mol. The van der Waals surface area contributed by atoms with Crippen molar-refractivity contribution in [3.8, 4) is 11.1 Å². The van der Waals surface area contributed by atoms with E-state index in [2.05, 4.69) is 120 Å². The van der Waals surface area contributed by atoms with E-state index in [9.17, 15) is 0 Å². The number of aromatic nitrogens is 1. The first-order valence-electron chi connectivity index (χ1n) is 14.3. The molecular formula is C36H40N4. The number of pyridine rings is 1. The number of rotatable bonds is 10. The highest BCUT2D eigenvalue weighted by Gasteiger charge is 2.22. The van der Waals surface area contributed by atoms with E-state index in [1.54, 1.807) is 12.4 Å². The third kappa shape index (κ3) is 6.63. The van der Waals surface area contributed by atoms with Crippen molar-refractivity contribution in [3.05, 3.63) is 127 Å². The van der Waals surface area contributed by atoms with Gasteiger partial charge in [-0.2, -0.15) is 0 Å². The molecule has 0 unspecified atom stereocenters. The molecule has 40 heavy (non-hydrogen) atoms. The number of nitrogens with one attached hydrogen (secondary N) is 1. The molecule has 1 fully saturated rings. The van der Waals surface area contributed by atoms with Crippen LogP contribution in [0.1, 0.15) is 43.2 Å². The fraction of sp³-hybridized carbons (Fsp3) is 0.250. The summed E-state index contributed by atoms with van der Waals surface area (Å²) >= 11 is 0. The van der Waals surface area contributed by atoms with E-state index in [1.807, 2.05) is 12.1 Å². The predicted molar refractivity (Wildman–Crippen MR) is 171 cm³/mol. The molecule has 1 N–H and O–H groups in total. The Kier molecular flexibility index (Phi) is 8.65. The van der Waals surface area contributed by atoms with Crippen LogP contribution in [0.4, 0.5) is 17.1 Å². The van der Waals surface area contributed by atoms with Crippen molar-refractivity contribution in [3.63, 3.8) is 0 Å². The van der Waals surface area contributed by atoms with Gasteiger partial charge in [0.25, 0.3) is 0 Å². The lowest BCUT2D eigenvalue weighted by atomic mass is 9.86. The lowest BCUT2D eigenvalue weighted by molar-refractivity contribution is 0.396. The number of benzene rings is 3. The largest absolute Gasteiger partial charge is 0.378 e. The van der Waals surface area contributed by atoms with Gasteiger partial charge in [0.05, 0.1) is 0 Å². The number of anilines is 3. The Labute approximate surface area is 239 Å². The van der Waals surface area contributed by atoms with Crippen molar-refractivity contribution in [1.82, 2.24) is 4.98 Å². The number of nitrogens with zero attached hydrogens (tertiary/aromatic N) is 3. The second kappa shape index (κ2) is 12.7. The van der Waals surface area contributed by atoms with Crippen molar-refractivity contribution < 1.29 is 0 Å². The molecule has 3 aromatic carbocycles. The Morgan fingerprint density at radius 2 is 1.45 bits per heavy atom. The van der Waals surface area contributed by atoms with E-state index in [4.69, 9.17) is 0 Å². The average Bonchev–Trinajstić information content (AvgIpc) is 3.01. The van der Waals surface area contributed by atoms with Crippen molar-refractivity contribution >= 4 is 22.8 Å². The zero-order chi connectivity index (χ0) is 27.9. The third-order valence-corrected chi connectivity index (χ3v) is 7.92. The van der Waals surface area contributed by atoms with Crippen molar-refractivity contribution in [2.24, 2.45) is 5.92 Å². The molecule has 0 bridgehead atoms. The van der Waals surface area contributed by atoms with Crippen molar-refractivity contribution in [2.45, 2.75) is 38.6 Å². The van der Waals surface area contributed by atoms with E-state index in [0.29, 0.717) is 5.92 Å². The van der Waals surface area contributed by atoms with Gasteiger partial charge in [0, 0.05) is 61.5 Å². The van der Waals surface area contributed by atoms with Gasteiger partial charge in [0.15, 0.2) is 0 Å². The van der Waals surface area contributed by atoms with Crippen LogP contribution in [0.15, 0.2) is 116 Å². The smallest absolute Gasteiger partial charge is 0.0478 e. The van der Waals surface area contributed by atoms with Crippen LogP contribution in [0.2, 0.25) is 0 Å². The molecule has 4 heteroatoms. The molecule has 1 heterocycles. The van der Waals surface area contributed by atoms with Crippen LogP contribution in [-0.2, 0) is 6.54 Å². The standard InChI is InChI=1S/C36H40N4/c1-27(38-34-21-23-37-24-22-34)33-11-8-12-36(25-33)40(28(2)30-9-6-5-7-10-30)26-29-13-15-31(16-14-29)32-17-19-35(20-18-32)39(3)4/h8,11-25,30H,1-2,5-7,9-10,26H2,3-4H3,(H,37,38). The van der Waals surface area contributed by atoms with E-state index in [-0.39, 0.29) is 0 Å². The highest BCUT2D eigenvalue weighted by atomic mass is 15.1. The van der Waals surface area contributed by atoms with Gasteiger partial charge in [-0.1, -0.05) is 81.0 Å². The van der Waals surface area contributed by atoms with Crippen molar-refractivity contribution in [2.75, 3.05) is 29.2 Å². The first-order chi connectivity index (χ1) is 19.5. The minimum absolute atomic E-state index is 0.519. The molecule has 0 atom stereocenters. The van der Waals surface area contributed by atoms with Crippen LogP contribution in [0, 0.1) is 5.92 Å². The van der Waals surface area contributed by atoms with Gasteiger partial charge in [-0.3, -0.25) is 4.98 Å². The Balaban J connectivity index is 1.39. The zero-order valence-corrected chi connectivity index (χ0v) is 23.8. The minimum atomic E-state index is 0.519. The van der Waals surface area contributed by atoms with Gasteiger partial charge in [0.2, 0.25) is 0 Å². The minimum Gasteiger partial charge on any atom is -0.378 e. The fourth-order valence-corrected chi connectivity index (χ4v) is 5.50. The molecule has 4 nitrogen and oxygen atoms in total. The number of allylic oxidation sites excluding steroid dienone is 1. The highest BCUT2D eigenvalue weighted by molar-refractivity contribution is 5.77. The van der Waals surface area contributed by atoms with E-state index < -0.39 is 0 Å². The van der Waals surface area contributed by atoms with Gasteiger partial charge in [-0.15, -0.1) is 0 Å². The lowest BCUT2D eigenvalue weighted by Gasteiger charge is -2.34. The lowest BCUT2D eigenvalue weighted by Crippen LogP contribution is -2.27. The monoisotopic (exact) mass is 528 g/mol. The summed E-state index contributed by atoms with van der Waals surface area (Å²) in [5, 5.41) is 3.42. The molecule has 0 spiro atoms. The van der Waals surface area contributed by atoms with Gasteiger partial charge in [0.1, 0.15) is 0 Å². The Hall–Kier alpha value is -4.31. The van der Waals surface area contributed by atoms with Crippen LogP contribution in [-0.4, -0.2) is 19.1 Å². The molecule has 0 saturated heterocycles. The van der Waals surface area contributed by atoms with Crippen LogP contribution >= 0.6 is 0 Å². The van der Waals surface area contributed by atoms with Crippen LogP contribution in [0.25, 0.3) is 16.8 Å². The SMILES string of the molecule is C=C(Nc1ccncc1)c1cccc(N(Cc2ccc(-c3ccc(N(C)C)cc3)cc2)C(=C)C2CCCCC2)c1. The van der Waals surface area contributed by atoms with Crippen LogP contribution < -0.4 is 15.1 Å². The predicted octanol–water partition coefficient (Wildman–Crippen LogP) is 9.00. The molecule has 0 radical (unpaired) electrons. The van der Waals surface area contributed by atoms with Crippen LogP contribution in [0.5, 0.6) is 0 Å². The first-order valence-corrected chi connectivity index (χ1v) is 14.3. The normalized spacial score (nSPS) is 13.4. The second-order valence-electron chi connectivity index (χ2n) is 10.9. The van der Waals surface area contributed by atoms with E-state index >= 15 is 0 Å². The molecule has 204 valence electrons. The Morgan fingerprint density at radius 3 is 2.10 bits per heavy atom. The molecule has 0 amide bonds. The Bertz CT molecular complexity index is 1420. The summed E-state index contributed by atoms with van der Waals surface area (Å²) < 4.78 is 0. The first kappa shape index (κ1) is 27.3. The molecule has 4 aromatic rings. The van der Waals surface area contributed by atoms with E-state index in [0.717, 1.165) is 29.2 Å².